The molecule has 2 aliphatic heterocycles. The van der Waals surface area contributed by atoms with Crippen LogP contribution in [0.1, 0.15) is 65.0 Å². The molecule has 2 atom stereocenters. The number of likely N-dealkylation sites (tertiary alicyclic amines) is 1. The van der Waals surface area contributed by atoms with Crippen LogP contribution in [-0.4, -0.2) is 47.4 Å². The number of ether oxygens (including phenoxy) is 2. The summed E-state index contributed by atoms with van der Waals surface area (Å²) >= 11 is 3.58. The number of benzene rings is 1. The average molecular weight is 467 g/mol. The molecule has 1 aromatic rings. The van der Waals surface area contributed by atoms with E-state index in [1.165, 1.54) is 0 Å². The maximum Gasteiger partial charge on any atom is 0.415 e. The Bertz CT molecular complexity index is 825. The molecule has 2 unspecified atom stereocenters. The SMILES string of the molecule is Cc1cc(Br)cc2c1N(C(=O)OC(C)(C)C)C1CCN(C(=O)OC(C)(C)C)CC21. The Balaban J connectivity index is 1.94. The normalized spacial score (nSPS) is 21.5. The third-order valence-electron chi connectivity index (χ3n) is 5.08. The fourth-order valence-electron chi connectivity index (χ4n) is 4.12. The quantitative estimate of drug-likeness (QED) is 0.498. The summed E-state index contributed by atoms with van der Waals surface area (Å²) in [5.74, 6) is 0.0231. The lowest BCUT2D eigenvalue weighted by atomic mass is 9.89. The number of carbonyl (C=O) groups excluding carboxylic acids is 2. The number of halogens is 1. The van der Waals surface area contributed by atoms with E-state index in [0.717, 1.165) is 21.3 Å². The average Bonchev–Trinajstić information content (AvgIpc) is 2.85. The Morgan fingerprint density at radius 3 is 2.21 bits per heavy atom. The number of hydrogen-bond donors (Lipinski definition) is 0. The van der Waals surface area contributed by atoms with Crippen molar-refractivity contribution in [1.29, 1.82) is 0 Å². The number of nitrogens with zero attached hydrogens (tertiary/aromatic N) is 2. The molecule has 1 saturated heterocycles. The number of hydrogen-bond acceptors (Lipinski definition) is 4. The number of fused-ring (bicyclic) bond motifs is 3. The van der Waals surface area contributed by atoms with Crippen LogP contribution < -0.4 is 4.90 Å². The predicted octanol–water partition coefficient (Wildman–Crippen LogP) is 5.61. The van der Waals surface area contributed by atoms with Gasteiger partial charge < -0.3 is 14.4 Å². The van der Waals surface area contributed by atoms with E-state index in [0.29, 0.717) is 19.5 Å². The van der Waals surface area contributed by atoms with Gasteiger partial charge in [0, 0.05) is 23.5 Å². The van der Waals surface area contributed by atoms with Crippen LogP contribution in [0.25, 0.3) is 0 Å². The van der Waals surface area contributed by atoms with E-state index in [9.17, 15) is 9.59 Å². The van der Waals surface area contributed by atoms with E-state index in [-0.39, 0.29) is 24.1 Å². The minimum absolute atomic E-state index is 0.0231. The molecule has 0 spiro atoms. The van der Waals surface area contributed by atoms with Crippen molar-refractivity contribution in [1.82, 2.24) is 4.90 Å². The molecular formula is C22H31BrN2O4. The standard InChI is InChI=1S/C22H31BrN2O4/c1-13-10-14(23)11-15-16-12-24(19(26)28-21(2,3)4)9-8-17(16)25(18(13)15)20(27)29-22(5,6)7/h10-11,16-17H,8-9,12H2,1-7H3. The zero-order chi connectivity index (χ0) is 21.7. The lowest BCUT2D eigenvalue weighted by Gasteiger charge is -2.38. The Hall–Kier alpha value is -1.76. The first-order valence-corrected chi connectivity index (χ1v) is 10.9. The summed E-state index contributed by atoms with van der Waals surface area (Å²) in [5, 5.41) is 0. The molecule has 2 aliphatic rings. The number of aryl methyl sites for hydroxylation is 1. The van der Waals surface area contributed by atoms with Gasteiger partial charge in [-0.05, 0) is 78.1 Å². The van der Waals surface area contributed by atoms with Crippen LogP contribution in [0, 0.1) is 6.92 Å². The molecule has 0 radical (unpaired) electrons. The van der Waals surface area contributed by atoms with Gasteiger partial charge in [-0.1, -0.05) is 15.9 Å². The fraction of sp³-hybridized carbons (Fsp3) is 0.636. The largest absolute Gasteiger partial charge is 0.444 e. The van der Waals surface area contributed by atoms with Crippen molar-refractivity contribution >= 4 is 33.8 Å². The molecule has 1 aromatic carbocycles. The summed E-state index contributed by atoms with van der Waals surface area (Å²) in [6.45, 7) is 14.3. The summed E-state index contributed by atoms with van der Waals surface area (Å²) in [6.07, 6.45) is 0.0388. The summed E-state index contributed by atoms with van der Waals surface area (Å²) in [4.78, 5) is 29.3. The first-order valence-electron chi connectivity index (χ1n) is 10.1. The minimum atomic E-state index is -0.574. The van der Waals surface area contributed by atoms with Crippen molar-refractivity contribution in [2.75, 3.05) is 18.0 Å². The lowest BCUT2D eigenvalue weighted by Crippen LogP contribution is -2.51. The van der Waals surface area contributed by atoms with Crippen molar-refractivity contribution < 1.29 is 19.1 Å². The second kappa shape index (κ2) is 7.49. The van der Waals surface area contributed by atoms with Crippen molar-refractivity contribution in [2.45, 2.75) is 78.0 Å². The highest BCUT2D eigenvalue weighted by atomic mass is 79.9. The summed E-state index contributed by atoms with van der Waals surface area (Å²) in [5.41, 5.74) is 1.88. The van der Waals surface area contributed by atoms with Gasteiger partial charge in [-0.25, -0.2) is 9.59 Å². The topological polar surface area (TPSA) is 59.1 Å². The molecule has 3 rings (SSSR count). The number of amides is 2. The third kappa shape index (κ3) is 4.71. The van der Waals surface area contributed by atoms with E-state index < -0.39 is 11.2 Å². The lowest BCUT2D eigenvalue weighted by molar-refractivity contribution is 0.0185. The van der Waals surface area contributed by atoms with Gasteiger partial charge in [0.05, 0.1) is 11.7 Å². The maximum absolute atomic E-state index is 13.1. The molecular weight excluding hydrogens is 436 g/mol. The Morgan fingerprint density at radius 2 is 1.62 bits per heavy atom. The van der Waals surface area contributed by atoms with Crippen LogP contribution in [0.3, 0.4) is 0 Å². The van der Waals surface area contributed by atoms with Gasteiger partial charge in [-0.2, -0.15) is 0 Å². The number of rotatable bonds is 0. The monoisotopic (exact) mass is 466 g/mol. The Labute approximate surface area is 181 Å². The molecule has 2 heterocycles. The third-order valence-corrected chi connectivity index (χ3v) is 5.54. The molecule has 6 nitrogen and oxygen atoms in total. The highest BCUT2D eigenvalue weighted by Crippen LogP contribution is 2.48. The van der Waals surface area contributed by atoms with Gasteiger partial charge in [-0.15, -0.1) is 0 Å². The second-order valence-electron chi connectivity index (χ2n) is 9.90. The first kappa shape index (κ1) is 21.9. The van der Waals surface area contributed by atoms with E-state index in [1.807, 2.05) is 54.5 Å². The Morgan fingerprint density at radius 1 is 1.03 bits per heavy atom. The molecule has 0 aromatic heterocycles. The summed E-state index contributed by atoms with van der Waals surface area (Å²) in [6, 6.07) is 4.04. The molecule has 0 bridgehead atoms. The van der Waals surface area contributed by atoms with Crippen LogP contribution in [0.4, 0.5) is 15.3 Å². The zero-order valence-corrected chi connectivity index (χ0v) is 19.9. The second-order valence-corrected chi connectivity index (χ2v) is 10.8. The summed E-state index contributed by atoms with van der Waals surface area (Å²) in [7, 11) is 0. The van der Waals surface area contributed by atoms with Crippen LogP contribution >= 0.6 is 15.9 Å². The molecule has 0 aliphatic carbocycles. The number of piperidine rings is 1. The van der Waals surface area contributed by atoms with Gasteiger partial charge in [-0.3, -0.25) is 4.90 Å². The van der Waals surface area contributed by atoms with Crippen molar-refractivity contribution in [3.05, 3.63) is 27.7 Å². The Kier molecular flexibility index (Phi) is 5.67. The van der Waals surface area contributed by atoms with Gasteiger partial charge in [0.1, 0.15) is 11.2 Å². The van der Waals surface area contributed by atoms with Crippen LogP contribution in [-0.2, 0) is 9.47 Å². The first-order chi connectivity index (χ1) is 13.3. The van der Waals surface area contributed by atoms with Crippen LogP contribution in [0.5, 0.6) is 0 Å². The van der Waals surface area contributed by atoms with E-state index >= 15 is 0 Å². The molecule has 7 heteroatoms. The van der Waals surface area contributed by atoms with Gasteiger partial charge in [0.15, 0.2) is 0 Å². The van der Waals surface area contributed by atoms with Crippen LogP contribution in [0.2, 0.25) is 0 Å². The van der Waals surface area contributed by atoms with Gasteiger partial charge in [0.25, 0.3) is 0 Å². The molecule has 0 saturated carbocycles. The predicted molar refractivity (Wildman–Crippen MR) is 117 cm³/mol. The smallest absolute Gasteiger partial charge is 0.415 e. The molecule has 2 amide bonds. The fourth-order valence-corrected chi connectivity index (χ4v) is 4.71. The van der Waals surface area contributed by atoms with E-state index in [1.54, 1.807) is 9.80 Å². The minimum Gasteiger partial charge on any atom is -0.444 e. The van der Waals surface area contributed by atoms with Gasteiger partial charge in [0.2, 0.25) is 0 Å². The van der Waals surface area contributed by atoms with E-state index in [4.69, 9.17) is 9.47 Å². The summed E-state index contributed by atoms with van der Waals surface area (Å²) < 4.78 is 12.3. The zero-order valence-electron chi connectivity index (χ0n) is 18.3. The maximum atomic E-state index is 13.1. The van der Waals surface area contributed by atoms with Crippen molar-refractivity contribution in [3.63, 3.8) is 0 Å². The van der Waals surface area contributed by atoms with E-state index in [2.05, 4.69) is 22.0 Å². The van der Waals surface area contributed by atoms with Crippen molar-refractivity contribution in [3.8, 4) is 0 Å². The highest BCUT2D eigenvalue weighted by Gasteiger charge is 2.47. The van der Waals surface area contributed by atoms with Gasteiger partial charge >= 0.3 is 12.2 Å². The van der Waals surface area contributed by atoms with Crippen LogP contribution in [0.15, 0.2) is 16.6 Å². The molecule has 160 valence electrons. The number of carbonyl (C=O) groups is 2. The molecule has 29 heavy (non-hydrogen) atoms. The molecule has 1 fully saturated rings. The number of anilines is 1. The van der Waals surface area contributed by atoms with Crippen molar-refractivity contribution in [2.24, 2.45) is 0 Å². The highest BCUT2D eigenvalue weighted by molar-refractivity contribution is 9.10. The molecule has 0 N–H and O–H groups in total.